The minimum absolute atomic E-state index is 0.829. The largest absolute Gasteiger partial charge is 0.250 e. The molecule has 0 bridgehead atoms. The number of nitrogens with zero attached hydrogens (tertiary/aromatic N) is 2. The SMILES string of the molecule is C=CN=C(C=C)SSc1ccccn1. The Hall–Kier alpha value is -1.00. The van der Waals surface area contributed by atoms with E-state index in [1.54, 1.807) is 23.1 Å². The average Bonchev–Trinajstić information content (AvgIpc) is 2.25. The van der Waals surface area contributed by atoms with Crippen molar-refractivity contribution in [3.05, 3.63) is 49.8 Å². The Balaban J connectivity index is 2.52. The molecular formula is C10H10N2S2. The molecule has 2 nitrogen and oxygen atoms in total. The average molecular weight is 222 g/mol. The van der Waals surface area contributed by atoms with Gasteiger partial charge in [-0.25, -0.2) is 9.98 Å². The van der Waals surface area contributed by atoms with Crippen molar-refractivity contribution >= 4 is 26.6 Å². The van der Waals surface area contributed by atoms with Crippen molar-refractivity contribution in [3.63, 3.8) is 0 Å². The molecule has 1 aromatic rings. The highest BCUT2D eigenvalue weighted by molar-refractivity contribution is 8.82. The van der Waals surface area contributed by atoms with Crippen molar-refractivity contribution in [1.29, 1.82) is 0 Å². The lowest BCUT2D eigenvalue weighted by molar-refractivity contribution is 1.14. The van der Waals surface area contributed by atoms with Crippen LogP contribution >= 0.6 is 21.6 Å². The molecule has 14 heavy (non-hydrogen) atoms. The molecule has 1 rings (SSSR count). The first kappa shape index (κ1) is 11.1. The predicted molar refractivity (Wildman–Crippen MR) is 65.5 cm³/mol. The molecule has 0 aliphatic carbocycles. The number of rotatable bonds is 4. The van der Waals surface area contributed by atoms with Crippen LogP contribution in [0.1, 0.15) is 0 Å². The summed E-state index contributed by atoms with van der Waals surface area (Å²) in [6.07, 6.45) is 4.96. The second-order valence-corrected chi connectivity index (χ2v) is 4.36. The Morgan fingerprint density at radius 2 is 2.29 bits per heavy atom. The zero-order valence-electron chi connectivity index (χ0n) is 7.59. The number of pyridine rings is 1. The molecule has 72 valence electrons. The first-order valence-corrected chi connectivity index (χ1v) is 6.08. The molecule has 0 amide bonds. The summed E-state index contributed by atoms with van der Waals surface area (Å²) >= 11 is 0. The van der Waals surface area contributed by atoms with Crippen LogP contribution in [0.5, 0.6) is 0 Å². The summed E-state index contributed by atoms with van der Waals surface area (Å²) in [6, 6.07) is 5.79. The van der Waals surface area contributed by atoms with E-state index >= 15 is 0 Å². The van der Waals surface area contributed by atoms with Gasteiger partial charge in [0.25, 0.3) is 0 Å². The fourth-order valence-electron chi connectivity index (χ4n) is 0.680. The molecule has 0 radical (unpaired) electrons. The summed E-state index contributed by atoms with van der Waals surface area (Å²) in [6.45, 7) is 7.19. The van der Waals surface area contributed by atoms with Gasteiger partial charge in [-0.3, -0.25) is 0 Å². The van der Waals surface area contributed by atoms with Crippen molar-refractivity contribution in [2.45, 2.75) is 5.03 Å². The van der Waals surface area contributed by atoms with Crippen LogP contribution in [-0.4, -0.2) is 10.0 Å². The first-order valence-electron chi connectivity index (χ1n) is 3.93. The maximum Gasteiger partial charge on any atom is 0.107 e. The fraction of sp³-hybridized carbons (Fsp3) is 0. The molecular weight excluding hydrogens is 212 g/mol. The van der Waals surface area contributed by atoms with Crippen LogP contribution in [0.2, 0.25) is 0 Å². The Morgan fingerprint density at radius 3 is 2.86 bits per heavy atom. The van der Waals surface area contributed by atoms with Crippen LogP contribution in [0.25, 0.3) is 0 Å². The quantitative estimate of drug-likeness (QED) is 0.442. The Labute approximate surface area is 91.6 Å². The van der Waals surface area contributed by atoms with E-state index in [4.69, 9.17) is 0 Å². The first-order chi connectivity index (χ1) is 6.86. The summed E-state index contributed by atoms with van der Waals surface area (Å²) < 4.78 is 0. The smallest absolute Gasteiger partial charge is 0.107 e. The summed E-state index contributed by atoms with van der Waals surface area (Å²) in [7, 11) is 3.06. The number of aliphatic imine (C=N–C) groups is 1. The van der Waals surface area contributed by atoms with Gasteiger partial charge in [-0.15, -0.1) is 0 Å². The molecule has 0 aliphatic heterocycles. The van der Waals surface area contributed by atoms with Crippen LogP contribution in [0.3, 0.4) is 0 Å². The lowest BCUT2D eigenvalue weighted by Gasteiger charge is -1.98. The van der Waals surface area contributed by atoms with Gasteiger partial charge in [-0.1, -0.05) is 19.2 Å². The standard InChI is InChI=1S/C10H10N2S2/c1-3-9(11-4-2)13-14-10-7-5-6-8-12-10/h3-8H,1-2H2. The number of hydrogen-bond donors (Lipinski definition) is 0. The molecule has 4 heteroatoms. The van der Waals surface area contributed by atoms with Gasteiger partial charge in [0.15, 0.2) is 0 Å². The van der Waals surface area contributed by atoms with Gasteiger partial charge in [0.05, 0.1) is 0 Å². The van der Waals surface area contributed by atoms with E-state index in [2.05, 4.69) is 23.1 Å². The van der Waals surface area contributed by atoms with Gasteiger partial charge in [-0.05, 0) is 39.8 Å². The molecule has 0 aliphatic rings. The zero-order valence-corrected chi connectivity index (χ0v) is 9.22. The monoisotopic (exact) mass is 222 g/mol. The van der Waals surface area contributed by atoms with Gasteiger partial charge < -0.3 is 0 Å². The topological polar surface area (TPSA) is 25.2 Å². The van der Waals surface area contributed by atoms with Crippen molar-refractivity contribution in [2.75, 3.05) is 0 Å². The van der Waals surface area contributed by atoms with E-state index in [1.807, 2.05) is 18.2 Å². The second kappa shape index (κ2) is 6.45. The number of hydrogen-bond acceptors (Lipinski definition) is 4. The summed E-state index contributed by atoms with van der Waals surface area (Å²) in [5.74, 6) is 0. The van der Waals surface area contributed by atoms with Crippen molar-refractivity contribution < 1.29 is 0 Å². The van der Waals surface area contributed by atoms with E-state index in [0.29, 0.717) is 0 Å². The van der Waals surface area contributed by atoms with Crippen molar-refractivity contribution in [1.82, 2.24) is 4.98 Å². The lowest BCUT2D eigenvalue weighted by Crippen LogP contribution is -1.81. The van der Waals surface area contributed by atoms with E-state index < -0.39 is 0 Å². The molecule has 1 aromatic heterocycles. The molecule has 1 heterocycles. The minimum Gasteiger partial charge on any atom is -0.250 e. The Bertz CT molecular complexity index is 333. The van der Waals surface area contributed by atoms with E-state index in [1.165, 1.54) is 17.0 Å². The second-order valence-electron chi connectivity index (χ2n) is 2.19. The number of aromatic nitrogens is 1. The lowest BCUT2D eigenvalue weighted by atomic mass is 10.5. The highest BCUT2D eigenvalue weighted by atomic mass is 33.1. The highest BCUT2D eigenvalue weighted by Gasteiger charge is 1.97. The van der Waals surface area contributed by atoms with Crippen molar-refractivity contribution in [2.24, 2.45) is 4.99 Å². The molecule has 0 fully saturated rings. The Morgan fingerprint density at radius 1 is 1.43 bits per heavy atom. The third-order valence-corrected chi connectivity index (χ3v) is 3.46. The van der Waals surface area contributed by atoms with E-state index in [0.717, 1.165) is 10.1 Å². The zero-order chi connectivity index (χ0) is 10.2. The van der Waals surface area contributed by atoms with Crippen LogP contribution in [0.4, 0.5) is 0 Å². The maximum absolute atomic E-state index is 4.17. The highest BCUT2D eigenvalue weighted by Crippen LogP contribution is 2.30. The molecule has 0 saturated heterocycles. The maximum atomic E-state index is 4.17. The molecule has 0 unspecified atom stereocenters. The van der Waals surface area contributed by atoms with Crippen LogP contribution < -0.4 is 0 Å². The Kier molecular flexibility index (Phi) is 5.11. The third kappa shape index (κ3) is 3.81. The van der Waals surface area contributed by atoms with Gasteiger partial charge in [0, 0.05) is 12.4 Å². The van der Waals surface area contributed by atoms with Gasteiger partial charge in [0.1, 0.15) is 10.1 Å². The predicted octanol–water partition coefficient (Wildman–Crippen LogP) is 3.55. The molecule has 0 N–H and O–H groups in total. The third-order valence-electron chi connectivity index (χ3n) is 1.24. The normalized spacial score (nSPS) is 11.0. The summed E-state index contributed by atoms with van der Waals surface area (Å²) in [5.41, 5.74) is 0. The van der Waals surface area contributed by atoms with E-state index in [9.17, 15) is 0 Å². The van der Waals surface area contributed by atoms with Gasteiger partial charge >= 0.3 is 0 Å². The van der Waals surface area contributed by atoms with Crippen LogP contribution in [-0.2, 0) is 0 Å². The molecule has 0 saturated carbocycles. The van der Waals surface area contributed by atoms with Crippen LogP contribution in [0, 0.1) is 0 Å². The van der Waals surface area contributed by atoms with Gasteiger partial charge in [0.2, 0.25) is 0 Å². The summed E-state index contributed by atoms with van der Waals surface area (Å²) in [5, 5.41) is 1.78. The van der Waals surface area contributed by atoms with Gasteiger partial charge in [-0.2, -0.15) is 0 Å². The molecule has 0 atom stereocenters. The minimum atomic E-state index is 0.829. The summed E-state index contributed by atoms with van der Waals surface area (Å²) in [4.78, 5) is 8.21. The fourth-order valence-corrected chi connectivity index (χ4v) is 2.42. The van der Waals surface area contributed by atoms with E-state index in [-0.39, 0.29) is 0 Å². The van der Waals surface area contributed by atoms with Crippen molar-refractivity contribution in [3.8, 4) is 0 Å². The molecule has 0 spiro atoms. The van der Waals surface area contributed by atoms with Crippen LogP contribution in [0.15, 0.2) is 59.8 Å². The molecule has 0 aromatic carbocycles.